The third-order valence-electron chi connectivity index (χ3n) is 2.62. The molecule has 0 saturated carbocycles. The number of nitrogens with zero attached hydrogens (tertiary/aromatic N) is 6. The Labute approximate surface area is 116 Å². The maximum atomic E-state index is 9.25. The second-order valence-corrected chi connectivity index (χ2v) is 5.05. The molecular formula is C11H18N8O. The lowest BCUT2D eigenvalue weighted by molar-refractivity contribution is 0.170. The van der Waals surface area contributed by atoms with E-state index >= 15 is 0 Å². The van der Waals surface area contributed by atoms with E-state index in [-0.39, 0.29) is 12.0 Å². The van der Waals surface area contributed by atoms with Crippen LogP contribution >= 0.6 is 0 Å². The Kier molecular flexibility index (Phi) is 4.08. The predicted octanol–water partition coefficient (Wildman–Crippen LogP) is -0.0756. The molecule has 0 aliphatic rings. The molecule has 0 aromatic carbocycles. The fourth-order valence-electron chi connectivity index (χ4n) is 1.34. The molecule has 20 heavy (non-hydrogen) atoms. The first-order chi connectivity index (χ1) is 9.54. The average Bonchev–Trinajstić information content (AvgIpc) is 2.99. The second-order valence-electron chi connectivity index (χ2n) is 5.05. The summed E-state index contributed by atoms with van der Waals surface area (Å²) in [4.78, 5) is 16.5. The highest BCUT2D eigenvalue weighted by Gasteiger charge is 2.17. The van der Waals surface area contributed by atoms with Crippen LogP contribution < -0.4 is 10.6 Å². The van der Waals surface area contributed by atoms with E-state index in [1.54, 1.807) is 7.05 Å². The van der Waals surface area contributed by atoms with Gasteiger partial charge in [-0.3, -0.25) is 0 Å². The summed E-state index contributed by atoms with van der Waals surface area (Å²) < 4.78 is 1.45. The molecule has 3 N–H and O–H groups in total. The molecule has 9 heteroatoms. The molecule has 2 aromatic heterocycles. The molecule has 2 heterocycles. The summed E-state index contributed by atoms with van der Waals surface area (Å²) in [5.74, 6) is 1.21. The summed E-state index contributed by atoms with van der Waals surface area (Å²) in [7, 11) is 1.72. The number of rotatable bonds is 6. The van der Waals surface area contributed by atoms with Crippen LogP contribution in [0.1, 0.15) is 13.8 Å². The van der Waals surface area contributed by atoms with Crippen LogP contribution in [0.2, 0.25) is 0 Å². The lowest BCUT2D eigenvalue weighted by Gasteiger charge is -2.21. The smallest absolute Gasteiger partial charge is 0.258 e. The average molecular weight is 278 g/mol. The van der Waals surface area contributed by atoms with Gasteiger partial charge in [0.1, 0.15) is 12.7 Å². The summed E-state index contributed by atoms with van der Waals surface area (Å²) in [6.45, 7) is 4.49. The third kappa shape index (κ3) is 3.38. The fourth-order valence-corrected chi connectivity index (χ4v) is 1.34. The molecule has 0 radical (unpaired) electrons. The SMILES string of the molecule is CNc1nc(NCC(C)(C)CO)nc(-n2cncn2)n1. The molecule has 0 aliphatic heterocycles. The quantitative estimate of drug-likeness (QED) is 0.672. The molecule has 0 atom stereocenters. The topological polar surface area (TPSA) is 114 Å². The van der Waals surface area contributed by atoms with Crippen molar-refractivity contribution in [3.05, 3.63) is 12.7 Å². The molecule has 0 unspecified atom stereocenters. The minimum absolute atomic E-state index is 0.0693. The van der Waals surface area contributed by atoms with Crippen molar-refractivity contribution in [2.75, 3.05) is 30.8 Å². The van der Waals surface area contributed by atoms with Gasteiger partial charge in [0.25, 0.3) is 5.95 Å². The molecule has 0 saturated heterocycles. The van der Waals surface area contributed by atoms with Crippen molar-refractivity contribution in [3.63, 3.8) is 0 Å². The van der Waals surface area contributed by atoms with Gasteiger partial charge in [-0.05, 0) is 0 Å². The van der Waals surface area contributed by atoms with Gasteiger partial charge in [0.05, 0.1) is 0 Å². The molecule has 0 aliphatic carbocycles. The Morgan fingerprint density at radius 1 is 1.25 bits per heavy atom. The van der Waals surface area contributed by atoms with Gasteiger partial charge < -0.3 is 15.7 Å². The zero-order chi connectivity index (χ0) is 14.6. The van der Waals surface area contributed by atoms with Crippen molar-refractivity contribution in [2.24, 2.45) is 5.41 Å². The Morgan fingerprint density at radius 2 is 2.00 bits per heavy atom. The molecule has 0 bridgehead atoms. The van der Waals surface area contributed by atoms with Crippen LogP contribution in [-0.4, -0.2) is 55.0 Å². The normalized spacial score (nSPS) is 11.4. The van der Waals surface area contributed by atoms with E-state index in [0.29, 0.717) is 24.4 Å². The lowest BCUT2D eigenvalue weighted by Crippen LogP contribution is -2.27. The van der Waals surface area contributed by atoms with Gasteiger partial charge in [-0.1, -0.05) is 13.8 Å². The van der Waals surface area contributed by atoms with E-state index in [1.165, 1.54) is 17.3 Å². The van der Waals surface area contributed by atoms with Crippen LogP contribution in [0.15, 0.2) is 12.7 Å². The second kappa shape index (κ2) is 5.78. The first kappa shape index (κ1) is 14.1. The van der Waals surface area contributed by atoms with Gasteiger partial charge in [-0.15, -0.1) is 0 Å². The highest BCUT2D eigenvalue weighted by atomic mass is 16.3. The van der Waals surface area contributed by atoms with Gasteiger partial charge in [0.15, 0.2) is 0 Å². The van der Waals surface area contributed by atoms with Crippen molar-refractivity contribution in [3.8, 4) is 5.95 Å². The van der Waals surface area contributed by atoms with E-state index in [0.717, 1.165) is 0 Å². The summed E-state index contributed by atoms with van der Waals surface area (Å²) in [6.07, 6.45) is 2.92. The Bertz CT molecular complexity index is 554. The Balaban J connectivity index is 2.23. The van der Waals surface area contributed by atoms with Crippen LogP contribution in [0.5, 0.6) is 0 Å². The molecule has 0 fully saturated rings. The summed E-state index contributed by atoms with van der Waals surface area (Å²) >= 11 is 0. The molecule has 9 nitrogen and oxygen atoms in total. The van der Waals surface area contributed by atoms with Gasteiger partial charge in [-0.2, -0.15) is 24.7 Å². The molecule has 0 spiro atoms. The number of hydrogen-bond donors (Lipinski definition) is 3. The largest absolute Gasteiger partial charge is 0.396 e. The number of hydrogen-bond acceptors (Lipinski definition) is 8. The summed E-state index contributed by atoms with van der Waals surface area (Å²) in [5.41, 5.74) is -0.264. The fraction of sp³-hybridized carbons (Fsp3) is 0.545. The maximum absolute atomic E-state index is 9.25. The lowest BCUT2D eigenvalue weighted by atomic mass is 9.95. The van der Waals surface area contributed by atoms with Crippen molar-refractivity contribution in [2.45, 2.75) is 13.8 Å². The summed E-state index contributed by atoms with van der Waals surface area (Å²) in [5, 5.41) is 19.2. The molecule has 0 amide bonds. The summed E-state index contributed by atoms with van der Waals surface area (Å²) in [6, 6.07) is 0. The number of aliphatic hydroxyl groups is 1. The number of nitrogens with one attached hydrogen (secondary N) is 2. The number of aliphatic hydroxyl groups excluding tert-OH is 1. The highest BCUT2D eigenvalue weighted by Crippen LogP contribution is 2.15. The molecule has 2 rings (SSSR count). The first-order valence-electron chi connectivity index (χ1n) is 6.17. The minimum Gasteiger partial charge on any atom is -0.396 e. The predicted molar refractivity (Wildman–Crippen MR) is 73.6 cm³/mol. The molecule has 2 aromatic rings. The minimum atomic E-state index is -0.264. The third-order valence-corrected chi connectivity index (χ3v) is 2.62. The van der Waals surface area contributed by atoms with E-state index in [1.807, 2.05) is 13.8 Å². The van der Waals surface area contributed by atoms with Crippen molar-refractivity contribution in [1.82, 2.24) is 29.7 Å². The van der Waals surface area contributed by atoms with Crippen LogP contribution in [-0.2, 0) is 0 Å². The van der Waals surface area contributed by atoms with Crippen LogP contribution in [0.3, 0.4) is 0 Å². The van der Waals surface area contributed by atoms with Crippen molar-refractivity contribution in [1.29, 1.82) is 0 Å². The van der Waals surface area contributed by atoms with Crippen LogP contribution in [0, 0.1) is 5.41 Å². The van der Waals surface area contributed by atoms with Gasteiger partial charge in [-0.25, -0.2) is 4.98 Å². The maximum Gasteiger partial charge on any atom is 0.258 e. The zero-order valence-corrected chi connectivity index (χ0v) is 11.7. The number of aromatic nitrogens is 6. The number of anilines is 2. The molecule has 108 valence electrons. The van der Waals surface area contributed by atoms with E-state index < -0.39 is 0 Å². The van der Waals surface area contributed by atoms with Crippen molar-refractivity contribution >= 4 is 11.9 Å². The van der Waals surface area contributed by atoms with E-state index in [9.17, 15) is 5.11 Å². The van der Waals surface area contributed by atoms with Crippen LogP contribution in [0.4, 0.5) is 11.9 Å². The highest BCUT2D eigenvalue weighted by molar-refractivity contribution is 5.37. The monoisotopic (exact) mass is 278 g/mol. The zero-order valence-electron chi connectivity index (χ0n) is 11.7. The van der Waals surface area contributed by atoms with E-state index in [2.05, 4.69) is 35.7 Å². The van der Waals surface area contributed by atoms with Gasteiger partial charge >= 0.3 is 0 Å². The Hall–Kier alpha value is -2.29. The molecular weight excluding hydrogens is 260 g/mol. The van der Waals surface area contributed by atoms with Crippen LogP contribution in [0.25, 0.3) is 5.95 Å². The Morgan fingerprint density at radius 3 is 2.60 bits per heavy atom. The van der Waals surface area contributed by atoms with Crippen molar-refractivity contribution < 1.29 is 5.11 Å². The standard InChI is InChI=1S/C11H18N8O/c1-11(2,5-20)4-14-9-16-8(12-3)17-10(18-9)19-7-13-6-15-19/h6-7,20H,4-5H2,1-3H3,(H2,12,14,16,17,18). The van der Waals surface area contributed by atoms with E-state index in [4.69, 9.17) is 0 Å². The first-order valence-corrected chi connectivity index (χ1v) is 6.17. The van der Waals surface area contributed by atoms with Gasteiger partial charge in [0, 0.05) is 25.6 Å². The van der Waals surface area contributed by atoms with Gasteiger partial charge in [0.2, 0.25) is 11.9 Å².